The van der Waals surface area contributed by atoms with E-state index in [-0.39, 0.29) is 5.78 Å². The van der Waals surface area contributed by atoms with Crippen LogP contribution in [0.4, 0.5) is 0 Å². The summed E-state index contributed by atoms with van der Waals surface area (Å²) in [5.41, 5.74) is 2.80. The van der Waals surface area contributed by atoms with Gasteiger partial charge in [0.25, 0.3) is 0 Å². The fourth-order valence-corrected chi connectivity index (χ4v) is 4.08. The summed E-state index contributed by atoms with van der Waals surface area (Å²) < 4.78 is 0. The van der Waals surface area contributed by atoms with Crippen molar-refractivity contribution in [3.63, 3.8) is 0 Å². The summed E-state index contributed by atoms with van der Waals surface area (Å²) in [5.74, 6) is 2.55. The number of carbonyl (C=O) groups excluding carboxylic acids is 1. The second-order valence-corrected chi connectivity index (χ2v) is 7.75. The third-order valence-electron chi connectivity index (χ3n) is 4.08. The van der Waals surface area contributed by atoms with Gasteiger partial charge in [0.05, 0.1) is 0 Å². The molecule has 23 heavy (non-hydrogen) atoms. The predicted octanol–water partition coefficient (Wildman–Crippen LogP) is 4.19. The van der Waals surface area contributed by atoms with Crippen molar-refractivity contribution in [2.24, 2.45) is 0 Å². The molecule has 2 nitrogen and oxygen atoms in total. The van der Waals surface area contributed by atoms with Gasteiger partial charge in [-0.2, -0.15) is 11.8 Å². The van der Waals surface area contributed by atoms with Crippen LogP contribution in [-0.4, -0.2) is 41.5 Å². The monoisotopic (exact) mass is 343 g/mol. The summed E-state index contributed by atoms with van der Waals surface area (Å²) in [7, 11) is 0. The Kier molecular flexibility index (Phi) is 5.81. The summed E-state index contributed by atoms with van der Waals surface area (Å²) in [4.78, 5) is 16.2. The molecule has 1 aliphatic heterocycles. The Morgan fingerprint density at radius 1 is 1.00 bits per heavy atom. The van der Waals surface area contributed by atoms with Gasteiger partial charge in [-0.15, -0.1) is 11.8 Å². The maximum Gasteiger partial charge on any atom is 0.193 e. The van der Waals surface area contributed by atoms with Crippen molar-refractivity contribution >= 4 is 29.3 Å². The molecule has 0 saturated carbocycles. The first-order valence-electron chi connectivity index (χ1n) is 7.84. The van der Waals surface area contributed by atoms with Gasteiger partial charge >= 0.3 is 0 Å². The van der Waals surface area contributed by atoms with Gasteiger partial charge in [-0.25, -0.2) is 0 Å². The molecule has 0 spiro atoms. The van der Waals surface area contributed by atoms with Crippen LogP contribution < -0.4 is 0 Å². The maximum absolute atomic E-state index is 12.5. The van der Waals surface area contributed by atoms with E-state index in [9.17, 15) is 4.79 Å². The minimum atomic E-state index is 0.0959. The van der Waals surface area contributed by atoms with Gasteiger partial charge in [-0.1, -0.05) is 24.3 Å². The number of hydrogen-bond donors (Lipinski definition) is 0. The van der Waals surface area contributed by atoms with Gasteiger partial charge in [-0.05, 0) is 36.1 Å². The number of nitrogens with zero attached hydrogens (tertiary/aromatic N) is 1. The van der Waals surface area contributed by atoms with Crippen molar-refractivity contribution in [2.45, 2.75) is 11.4 Å². The molecule has 0 aliphatic carbocycles. The molecule has 2 aromatic carbocycles. The van der Waals surface area contributed by atoms with E-state index in [1.165, 1.54) is 22.0 Å². The van der Waals surface area contributed by atoms with Crippen molar-refractivity contribution in [3.8, 4) is 0 Å². The summed E-state index contributed by atoms with van der Waals surface area (Å²) in [5, 5.41) is 0. The van der Waals surface area contributed by atoms with E-state index in [1.54, 1.807) is 11.8 Å². The van der Waals surface area contributed by atoms with Crippen molar-refractivity contribution < 1.29 is 4.79 Å². The fourth-order valence-electron chi connectivity index (χ4n) is 2.69. The Morgan fingerprint density at radius 2 is 1.57 bits per heavy atom. The molecule has 0 atom stereocenters. The van der Waals surface area contributed by atoms with Gasteiger partial charge in [0, 0.05) is 47.2 Å². The standard InChI is InChI=1S/C19H21NOS2/c1-22-18-8-6-17(7-9-18)19(21)16-4-2-15(3-5-16)14-20-10-12-23-13-11-20/h2-9H,10-14H2,1H3. The molecule has 0 amide bonds. The molecule has 0 N–H and O–H groups in total. The lowest BCUT2D eigenvalue weighted by Crippen LogP contribution is -2.31. The van der Waals surface area contributed by atoms with Crippen LogP contribution >= 0.6 is 23.5 Å². The van der Waals surface area contributed by atoms with E-state index in [4.69, 9.17) is 0 Å². The highest BCUT2D eigenvalue weighted by Crippen LogP contribution is 2.18. The number of ketones is 1. The molecule has 3 rings (SSSR count). The zero-order valence-corrected chi connectivity index (χ0v) is 15.0. The van der Waals surface area contributed by atoms with Crippen molar-refractivity contribution in [2.75, 3.05) is 30.9 Å². The van der Waals surface area contributed by atoms with Crippen LogP contribution in [0.2, 0.25) is 0 Å². The molecule has 0 radical (unpaired) electrons. The minimum absolute atomic E-state index is 0.0959. The molecular formula is C19H21NOS2. The quantitative estimate of drug-likeness (QED) is 0.599. The van der Waals surface area contributed by atoms with Crippen LogP contribution in [0.5, 0.6) is 0 Å². The number of carbonyl (C=O) groups is 1. The van der Waals surface area contributed by atoms with Crippen LogP contribution in [-0.2, 0) is 6.54 Å². The van der Waals surface area contributed by atoms with E-state index in [2.05, 4.69) is 17.0 Å². The molecule has 0 bridgehead atoms. The van der Waals surface area contributed by atoms with Crippen molar-refractivity contribution in [3.05, 3.63) is 65.2 Å². The second-order valence-electron chi connectivity index (χ2n) is 5.64. The largest absolute Gasteiger partial charge is 0.297 e. The molecule has 2 aromatic rings. The Labute approximate surface area is 146 Å². The highest BCUT2D eigenvalue weighted by Gasteiger charge is 2.12. The molecule has 1 fully saturated rings. The second kappa shape index (κ2) is 8.04. The summed E-state index contributed by atoms with van der Waals surface area (Å²) in [6, 6.07) is 15.9. The molecule has 4 heteroatoms. The first-order valence-corrected chi connectivity index (χ1v) is 10.2. The summed E-state index contributed by atoms with van der Waals surface area (Å²) in [6.45, 7) is 3.30. The zero-order chi connectivity index (χ0) is 16.1. The minimum Gasteiger partial charge on any atom is -0.297 e. The number of benzene rings is 2. The maximum atomic E-state index is 12.5. The lowest BCUT2D eigenvalue weighted by molar-refractivity contribution is 0.103. The van der Waals surface area contributed by atoms with Crippen LogP contribution in [0, 0.1) is 0 Å². The van der Waals surface area contributed by atoms with Gasteiger partial charge in [0.1, 0.15) is 0 Å². The number of hydrogen-bond acceptors (Lipinski definition) is 4. The topological polar surface area (TPSA) is 20.3 Å². The smallest absolute Gasteiger partial charge is 0.193 e. The molecule has 120 valence electrons. The van der Waals surface area contributed by atoms with E-state index in [1.807, 2.05) is 54.4 Å². The third-order valence-corrected chi connectivity index (χ3v) is 5.76. The fraction of sp³-hybridized carbons (Fsp3) is 0.316. The SMILES string of the molecule is CSc1ccc(C(=O)c2ccc(CN3CCSCC3)cc2)cc1. The Balaban J connectivity index is 1.66. The van der Waals surface area contributed by atoms with E-state index in [0.717, 1.165) is 30.8 Å². The predicted molar refractivity (Wildman–Crippen MR) is 101 cm³/mol. The summed E-state index contributed by atoms with van der Waals surface area (Å²) >= 11 is 3.71. The van der Waals surface area contributed by atoms with Gasteiger partial charge in [0.15, 0.2) is 5.78 Å². The Morgan fingerprint density at radius 3 is 2.13 bits per heavy atom. The normalized spacial score (nSPS) is 15.5. The first kappa shape index (κ1) is 16.6. The molecular weight excluding hydrogens is 322 g/mol. The number of thioether (sulfide) groups is 2. The van der Waals surface area contributed by atoms with Crippen molar-refractivity contribution in [1.82, 2.24) is 4.90 Å². The van der Waals surface area contributed by atoms with Gasteiger partial charge in [0.2, 0.25) is 0 Å². The average Bonchev–Trinajstić information content (AvgIpc) is 2.63. The highest BCUT2D eigenvalue weighted by molar-refractivity contribution is 7.99. The van der Waals surface area contributed by atoms with Crippen LogP contribution in [0.1, 0.15) is 21.5 Å². The van der Waals surface area contributed by atoms with Crippen LogP contribution in [0.3, 0.4) is 0 Å². The van der Waals surface area contributed by atoms with E-state index >= 15 is 0 Å². The molecule has 0 unspecified atom stereocenters. The van der Waals surface area contributed by atoms with Crippen molar-refractivity contribution in [1.29, 1.82) is 0 Å². The number of rotatable bonds is 5. The third kappa shape index (κ3) is 4.40. The molecule has 1 heterocycles. The van der Waals surface area contributed by atoms with Gasteiger partial charge in [-0.3, -0.25) is 9.69 Å². The van der Waals surface area contributed by atoms with Crippen LogP contribution in [0.25, 0.3) is 0 Å². The molecule has 1 aliphatic rings. The van der Waals surface area contributed by atoms with E-state index in [0.29, 0.717) is 0 Å². The molecule has 0 aromatic heterocycles. The van der Waals surface area contributed by atoms with Gasteiger partial charge < -0.3 is 0 Å². The lowest BCUT2D eigenvalue weighted by atomic mass is 10.0. The Bertz CT molecular complexity index is 646. The Hall–Kier alpha value is -1.23. The van der Waals surface area contributed by atoms with E-state index < -0.39 is 0 Å². The average molecular weight is 344 g/mol. The highest BCUT2D eigenvalue weighted by atomic mass is 32.2. The molecule has 1 saturated heterocycles. The summed E-state index contributed by atoms with van der Waals surface area (Å²) in [6.07, 6.45) is 2.04. The first-order chi connectivity index (χ1) is 11.3. The lowest BCUT2D eigenvalue weighted by Gasteiger charge is -2.26. The zero-order valence-electron chi connectivity index (χ0n) is 13.3. The van der Waals surface area contributed by atoms with Crippen LogP contribution in [0.15, 0.2) is 53.4 Å².